The number of nitrogens with one attached hydrogen (secondary N) is 1. The van der Waals surface area contributed by atoms with Gasteiger partial charge in [-0.3, -0.25) is 4.79 Å². The number of unbranched alkanes of at least 4 members (excludes halogenated alkanes) is 2. The first kappa shape index (κ1) is 13.8. The zero-order chi connectivity index (χ0) is 10.8. The van der Waals surface area contributed by atoms with E-state index in [1.165, 1.54) is 24.8 Å². The lowest BCUT2D eigenvalue weighted by molar-refractivity contribution is 0.261. The normalized spacial score (nSPS) is 10.6. The Labute approximate surface area is 91.8 Å². The Kier molecular flexibility index (Phi) is 9.19. The van der Waals surface area contributed by atoms with E-state index in [9.17, 15) is 4.79 Å². The van der Waals surface area contributed by atoms with Crippen LogP contribution in [0.3, 0.4) is 0 Å². The van der Waals surface area contributed by atoms with Crippen LogP contribution in [0.15, 0.2) is 0 Å². The third-order valence-electron chi connectivity index (χ3n) is 1.94. The van der Waals surface area contributed by atoms with Gasteiger partial charge in [0.2, 0.25) is 0 Å². The monoisotopic (exact) mass is 218 g/mol. The minimum absolute atomic E-state index is 0.0391. The molecule has 1 amide bonds. The van der Waals surface area contributed by atoms with Crippen molar-refractivity contribution in [1.29, 1.82) is 0 Å². The van der Waals surface area contributed by atoms with E-state index in [1.54, 1.807) is 7.05 Å². The van der Waals surface area contributed by atoms with Gasteiger partial charge in [-0.15, -0.1) is 0 Å². The number of nitrogens with zero attached hydrogens (tertiary/aromatic N) is 1. The van der Waals surface area contributed by atoms with Crippen molar-refractivity contribution >= 4 is 17.2 Å². The lowest BCUT2D eigenvalue weighted by atomic mass is 10.3. The SMILES string of the molecule is CCCCN(CCCC)SC(=O)NC. The number of carbonyl (C=O) groups excluding carboxylic acids is 1. The maximum Gasteiger partial charge on any atom is 0.294 e. The van der Waals surface area contributed by atoms with Gasteiger partial charge in [-0.05, 0) is 12.8 Å². The maximum absolute atomic E-state index is 11.2. The van der Waals surface area contributed by atoms with Crippen LogP contribution in [0.5, 0.6) is 0 Å². The summed E-state index contributed by atoms with van der Waals surface area (Å²) in [6.45, 7) is 6.36. The van der Waals surface area contributed by atoms with Crippen LogP contribution in [0.1, 0.15) is 39.5 Å². The third-order valence-corrected chi connectivity index (χ3v) is 2.93. The fraction of sp³-hybridized carbons (Fsp3) is 0.900. The summed E-state index contributed by atoms with van der Waals surface area (Å²) in [5.41, 5.74) is 0. The van der Waals surface area contributed by atoms with Crippen molar-refractivity contribution in [2.24, 2.45) is 0 Å². The van der Waals surface area contributed by atoms with E-state index >= 15 is 0 Å². The molecule has 0 unspecified atom stereocenters. The van der Waals surface area contributed by atoms with E-state index in [0.29, 0.717) is 0 Å². The van der Waals surface area contributed by atoms with Crippen LogP contribution in [-0.4, -0.2) is 29.7 Å². The average Bonchev–Trinajstić information content (AvgIpc) is 2.21. The summed E-state index contributed by atoms with van der Waals surface area (Å²) in [6, 6.07) is 0. The average molecular weight is 218 g/mol. The number of hydrogen-bond donors (Lipinski definition) is 1. The Balaban J connectivity index is 3.77. The molecule has 0 fully saturated rings. The predicted octanol–water partition coefficient (Wildman–Crippen LogP) is 2.88. The fourth-order valence-corrected chi connectivity index (χ4v) is 1.80. The number of amides is 1. The predicted molar refractivity (Wildman–Crippen MR) is 63.4 cm³/mol. The van der Waals surface area contributed by atoms with Gasteiger partial charge in [0.15, 0.2) is 0 Å². The number of carbonyl (C=O) groups is 1. The molecular formula is C10H22N2OS. The number of hydrogen-bond acceptors (Lipinski definition) is 3. The lowest BCUT2D eigenvalue weighted by Crippen LogP contribution is -2.24. The van der Waals surface area contributed by atoms with Crippen LogP contribution < -0.4 is 5.32 Å². The molecule has 0 aliphatic heterocycles. The Hall–Kier alpha value is -0.220. The van der Waals surface area contributed by atoms with Crippen LogP contribution in [0.4, 0.5) is 4.79 Å². The summed E-state index contributed by atoms with van der Waals surface area (Å²) >= 11 is 1.31. The highest BCUT2D eigenvalue weighted by Gasteiger charge is 2.09. The second-order valence-electron chi connectivity index (χ2n) is 3.26. The van der Waals surface area contributed by atoms with Crippen molar-refractivity contribution < 1.29 is 4.79 Å². The first-order valence-electron chi connectivity index (χ1n) is 5.39. The van der Waals surface area contributed by atoms with E-state index < -0.39 is 0 Å². The maximum atomic E-state index is 11.2. The smallest absolute Gasteiger partial charge is 0.294 e. The van der Waals surface area contributed by atoms with Gasteiger partial charge in [-0.25, -0.2) is 4.31 Å². The minimum Gasteiger partial charge on any atom is -0.349 e. The largest absolute Gasteiger partial charge is 0.349 e. The highest BCUT2D eigenvalue weighted by atomic mass is 32.2. The molecule has 0 spiro atoms. The Morgan fingerprint density at radius 1 is 1.21 bits per heavy atom. The number of rotatable bonds is 7. The fourth-order valence-electron chi connectivity index (χ4n) is 1.03. The summed E-state index contributed by atoms with van der Waals surface area (Å²) in [5, 5.41) is 2.67. The second-order valence-corrected chi connectivity index (χ2v) is 4.33. The molecule has 0 atom stereocenters. The van der Waals surface area contributed by atoms with Gasteiger partial charge in [-0.2, -0.15) is 0 Å². The van der Waals surface area contributed by atoms with Crippen molar-refractivity contribution in [3.8, 4) is 0 Å². The van der Waals surface area contributed by atoms with Gasteiger partial charge in [0.1, 0.15) is 0 Å². The zero-order valence-electron chi connectivity index (χ0n) is 9.51. The van der Waals surface area contributed by atoms with Crippen molar-refractivity contribution in [3.05, 3.63) is 0 Å². The summed E-state index contributed by atoms with van der Waals surface area (Å²) in [5.74, 6) is 0. The Morgan fingerprint density at radius 2 is 1.71 bits per heavy atom. The molecule has 84 valence electrons. The molecule has 1 N–H and O–H groups in total. The minimum atomic E-state index is 0.0391. The van der Waals surface area contributed by atoms with Gasteiger partial charge in [0, 0.05) is 32.1 Å². The first-order valence-corrected chi connectivity index (χ1v) is 6.16. The molecule has 0 aliphatic rings. The molecule has 0 aliphatic carbocycles. The molecule has 0 heterocycles. The van der Waals surface area contributed by atoms with Crippen LogP contribution in [0.25, 0.3) is 0 Å². The summed E-state index contributed by atoms with van der Waals surface area (Å²) in [4.78, 5) is 11.2. The molecule has 0 aromatic heterocycles. The molecule has 0 rings (SSSR count). The molecule has 0 radical (unpaired) electrons. The van der Waals surface area contributed by atoms with E-state index in [2.05, 4.69) is 23.5 Å². The molecule has 0 saturated carbocycles. The van der Waals surface area contributed by atoms with Crippen LogP contribution in [0.2, 0.25) is 0 Å². The third kappa shape index (κ3) is 7.21. The van der Waals surface area contributed by atoms with Crippen molar-refractivity contribution in [3.63, 3.8) is 0 Å². The molecule has 0 saturated heterocycles. The van der Waals surface area contributed by atoms with Gasteiger partial charge < -0.3 is 5.32 Å². The molecule has 14 heavy (non-hydrogen) atoms. The van der Waals surface area contributed by atoms with E-state index in [1.807, 2.05) is 0 Å². The van der Waals surface area contributed by atoms with Crippen LogP contribution >= 0.6 is 11.9 Å². The summed E-state index contributed by atoms with van der Waals surface area (Å²) in [7, 11) is 1.67. The summed E-state index contributed by atoms with van der Waals surface area (Å²) < 4.78 is 2.16. The van der Waals surface area contributed by atoms with Gasteiger partial charge >= 0.3 is 0 Å². The van der Waals surface area contributed by atoms with E-state index in [0.717, 1.165) is 25.9 Å². The second kappa shape index (κ2) is 9.34. The Bertz CT molecular complexity index is 145. The highest BCUT2D eigenvalue weighted by Crippen LogP contribution is 2.13. The molecular weight excluding hydrogens is 196 g/mol. The van der Waals surface area contributed by atoms with Crippen molar-refractivity contribution in [1.82, 2.24) is 9.62 Å². The van der Waals surface area contributed by atoms with E-state index in [4.69, 9.17) is 0 Å². The molecule has 0 aromatic rings. The molecule has 3 nitrogen and oxygen atoms in total. The van der Waals surface area contributed by atoms with Gasteiger partial charge in [0.05, 0.1) is 0 Å². The molecule has 0 aromatic carbocycles. The summed E-state index contributed by atoms with van der Waals surface area (Å²) in [6.07, 6.45) is 4.68. The molecule has 4 heteroatoms. The lowest BCUT2D eigenvalue weighted by Gasteiger charge is -2.18. The van der Waals surface area contributed by atoms with Crippen molar-refractivity contribution in [2.45, 2.75) is 39.5 Å². The Morgan fingerprint density at radius 3 is 2.07 bits per heavy atom. The zero-order valence-corrected chi connectivity index (χ0v) is 10.3. The van der Waals surface area contributed by atoms with Gasteiger partial charge in [-0.1, -0.05) is 26.7 Å². The van der Waals surface area contributed by atoms with Crippen LogP contribution in [0, 0.1) is 0 Å². The standard InChI is InChI=1S/C10H22N2OS/c1-4-6-8-12(9-7-5-2)14-10(13)11-3/h4-9H2,1-3H3,(H,11,13). The quantitative estimate of drug-likeness (QED) is 0.667. The van der Waals surface area contributed by atoms with Gasteiger partial charge in [0.25, 0.3) is 5.24 Å². The highest BCUT2D eigenvalue weighted by molar-refractivity contribution is 8.11. The molecule has 0 bridgehead atoms. The van der Waals surface area contributed by atoms with E-state index in [-0.39, 0.29) is 5.24 Å². The van der Waals surface area contributed by atoms with Crippen molar-refractivity contribution in [2.75, 3.05) is 20.1 Å². The topological polar surface area (TPSA) is 32.3 Å². The first-order chi connectivity index (χ1) is 6.74. The van der Waals surface area contributed by atoms with Crippen LogP contribution in [-0.2, 0) is 0 Å².